The Kier molecular flexibility index (Phi) is 6.57. The van der Waals surface area contributed by atoms with Gasteiger partial charge < -0.3 is 24.5 Å². The van der Waals surface area contributed by atoms with Crippen LogP contribution < -0.4 is 15.2 Å². The number of hydrogen-bond donors (Lipinski definition) is 1. The first-order valence-electron chi connectivity index (χ1n) is 9.51. The molecule has 1 aliphatic rings. The summed E-state index contributed by atoms with van der Waals surface area (Å²) in [5, 5.41) is 0. The Hall–Kier alpha value is -2.96. The predicted molar refractivity (Wildman–Crippen MR) is 103 cm³/mol. The van der Waals surface area contributed by atoms with Crippen LogP contribution in [0, 0.1) is 0 Å². The Labute approximate surface area is 164 Å². The smallest absolute Gasteiger partial charge is 0.290 e. The minimum Gasteiger partial charge on any atom is -0.493 e. The molecule has 1 aliphatic carbocycles. The molecule has 0 unspecified atom stereocenters. The fourth-order valence-corrected chi connectivity index (χ4v) is 3.58. The highest BCUT2D eigenvalue weighted by Crippen LogP contribution is 2.31. The fraction of sp³-hybridized carbons (Fsp3) is 0.429. The summed E-state index contributed by atoms with van der Waals surface area (Å²) in [6.07, 6.45) is 6.94. The number of nitrogens with zero attached hydrogens (tertiary/aromatic N) is 1. The van der Waals surface area contributed by atoms with Crippen molar-refractivity contribution in [2.75, 3.05) is 13.7 Å². The van der Waals surface area contributed by atoms with Crippen molar-refractivity contribution in [2.24, 2.45) is 5.73 Å². The molecule has 0 bridgehead atoms. The van der Waals surface area contributed by atoms with Gasteiger partial charge in [-0.3, -0.25) is 9.59 Å². The molecule has 1 heterocycles. The lowest BCUT2D eigenvalue weighted by Gasteiger charge is -2.34. The molecule has 0 saturated heterocycles. The molecule has 1 aromatic heterocycles. The highest BCUT2D eigenvalue weighted by atomic mass is 16.5. The third kappa shape index (κ3) is 4.85. The standard InChI is InChI=1S/C21H26N2O5/c1-26-19-12-15(9-10-17(19)28-14-20(22)24)13-23(16-6-3-2-4-7-16)21(25)18-8-5-11-27-18/h5,8-12,16H,2-4,6-7,13-14H2,1H3,(H2,22,24). The first-order valence-corrected chi connectivity index (χ1v) is 9.51. The van der Waals surface area contributed by atoms with E-state index in [9.17, 15) is 9.59 Å². The summed E-state index contributed by atoms with van der Waals surface area (Å²) in [5.74, 6) is 0.613. The minimum absolute atomic E-state index is 0.107. The van der Waals surface area contributed by atoms with Gasteiger partial charge in [0.15, 0.2) is 23.9 Å². The first kappa shape index (κ1) is 19.8. The molecule has 0 aliphatic heterocycles. The van der Waals surface area contributed by atoms with Crippen LogP contribution in [0.4, 0.5) is 0 Å². The van der Waals surface area contributed by atoms with Gasteiger partial charge in [-0.05, 0) is 42.7 Å². The van der Waals surface area contributed by atoms with Gasteiger partial charge in [-0.2, -0.15) is 0 Å². The van der Waals surface area contributed by atoms with E-state index < -0.39 is 5.91 Å². The number of amides is 2. The van der Waals surface area contributed by atoms with E-state index in [4.69, 9.17) is 19.6 Å². The van der Waals surface area contributed by atoms with Crippen molar-refractivity contribution in [1.82, 2.24) is 4.90 Å². The summed E-state index contributed by atoms with van der Waals surface area (Å²) in [7, 11) is 1.53. The number of benzene rings is 1. The summed E-state index contributed by atoms with van der Waals surface area (Å²) < 4.78 is 16.1. The van der Waals surface area contributed by atoms with Crippen LogP contribution in [0.2, 0.25) is 0 Å². The van der Waals surface area contributed by atoms with Crippen LogP contribution in [0.15, 0.2) is 41.0 Å². The van der Waals surface area contributed by atoms with Gasteiger partial charge in [0.1, 0.15) is 0 Å². The zero-order valence-electron chi connectivity index (χ0n) is 16.1. The first-order chi connectivity index (χ1) is 13.6. The van der Waals surface area contributed by atoms with Gasteiger partial charge in [-0.25, -0.2) is 0 Å². The van der Waals surface area contributed by atoms with Crippen LogP contribution >= 0.6 is 0 Å². The molecule has 1 aromatic carbocycles. The summed E-state index contributed by atoms with van der Waals surface area (Å²) in [5.41, 5.74) is 6.04. The monoisotopic (exact) mass is 386 g/mol. The molecule has 0 atom stereocenters. The number of primary amides is 1. The van der Waals surface area contributed by atoms with Crippen molar-refractivity contribution in [2.45, 2.75) is 44.7 Å². The predicted octanol–water partition coefficient (Wildman–Crippen LogP) is 3.13. The van der Waals surface area contributed by atoms with Crippen molar-refractivity contribution in [3.63, 3.8) is 0 Å². The number of methoxy groups -OCH3 is 1. The molecule has 28 heavy (non-hydrogen) atoms. The molecule has 150 valence electrons. The second-order valence-electron chi connectivity index (χ2n) is 6.94. The average Bonchev–Trinajstić information content (AvgIpc) is 3.25. The minimum atomic E-state index is -0.557. The maximum absolute atomic E-state index is 13.0. The molecule has 7 heteroatoms. The molecule has 0 spiro atoms. The fourth-order valence-electron chi connectivity index (χ4n) is 3.58. The van der Waals surface area contributed by atoms with Crippen LogP contribution in [-0.4, -0.2) is 36.5 Å². The SMILES string of the molecule is COc1cc(CN(C(=O)c2ccco2)C2CCCCC2)ccc1OCC(N)=O. The van der Waals surface area contributed by atoms with Gasteiger partial charge in [0.2, 0.25) is 0 Å². The molecule has 1 saturated carbocycles. The van der Waals surface area contributed by atoms with E-state index >= 15 is 0 Å². The van der Waals surface area contributed by atoms with Crippen molar-refractivity contribution >= 4 is 11.8 Å². The molecule has 2 aromatic rings. The summed E-state index contributed by atoms with van der Waals surface area (Å²) in [4.78, 5) is 25.9. The number of carbonyl (C=O) groups excluding carboxylic acids is 2. The Balaban J connectivity index is 1.81. The molecular weight excluding hydrogens is 360 g/mol. The Bertz CT molecular complexity index is 797. The van der Waals surface area contributed by atoms with Gasteiger partial charge in [0, 0.05) is 12.6 Å². The summed E-state index contributed by atoms with van der Waals surface area (Å²) in [6.45, 7) is 0.220. The lowest BCUT2D eigenvalue weighted by molar-refractivity contribution is -0.119. The third-order valence-corrected chi connectivity index (χ3v) is 4.96. The third-order valence-electron chi connectivity index (χ3n) is 4.96. The Morgan fingerprint density at radius 3 is 2.61 bits per heavy atom. The molecular formula is C21H26N2O5. The molecule has 2 N–H and O–H groups in total. The lowest BCUT2D eigenvalue weighted by atomic mass is 9.93. The van der Waals surface area contributed by atoms with Crippen molar-refractivity contribution < 1.29 is 23.5 Å². The van der Waals surface area contributed by atoms with E-state index in [1.54, 1.807) is 18.2 Å². The zero-order valence-corrected chi connectivity index (χ0v) is 16.1. The molecule has 7 nitrogen and oxygen atoms in total. The zero-order chi connectivity index (χ0) is 19.9. The second kappa shape index (κ2) is 9.30. The molecule has 3 rings (SSSR count). The van der Waals surface area contributed by atoms with Crippen molar-refractivity contribution in [1.29, 1.82) is 0 Å². The van der Waals surface area contributed by atoms with E-state index in [2.05, 4.69) is 0 Å². The van der Waals surface area contributed by atoms with Crippen LogP contribution in [0.3, 0.4) is 0 Å². The normalized spacial score (nSPS) is 14.5. The molecule has 0 radical (unpaired) electrons. The number of nitrogens with two attached hydrogens (primary N) is 1. The number of carbonyl (C=O) groups is 2. The van der Waals surface area contributed by atoms with Gasteiger partial charge in [-0.1, -0.05) is 25.3 Å². The van der Waals surface area contributed by atoms with Gasteiger partial charge in [0.25, 0.3) is 11.8 Å². The highest BCUT2D eigenvalue weighted by molar-refractivity contribution is 5.91. The van der Waals surface area contributed by atoms with Gasteiger partial charge in [-0.15, -0.1) is 0 Å². The van der Waals surface area contributed by atoms with Gasteiger partial charge in [0.05, 0.1) is 13.4 Å². The Morgan fingerprint density at radius 1 is 1.18 bits per heavy atom. The lowest BCUT2D eigenvalue weighted by Crippen LogP contribution is -2.40. The quantitative estimate of drug-likeness (QED) is 0.752. The van der Waals surface area contributed by atoms with E-state index in [-0.39, 0.29) is 18.6 Å². The van der Waals surface area contributed by atoms with E-state index in [0.29, 0.717) is 23.8 Å². The average molecular weight is 386 g/mol. The van der Waals surface area contributed by atoms with Gasteiger partial charge >= 0.3 is 0 Å². The maximum Gasteiger partial charge on any atom is 0.290 e. The molecule has 2 amide bonds. The second-order valence-corrected chi connectivity index (χ2v) is 6.94. The maximum atomic E-state index is 13.0. The van der Waals surface area contributed by atoms with Crippen LogP contribution in [0.5, 0.6) is 11.5 Å². The van der Waals surface area contributed by atoms with E-state index in [1.165, 1.54) is 19.8 Å². The van der Waals surface area contributed by atoms with Crippen molar-refractivity contribution in [3.05, 3.63) is 47.9 Å². The van der Waals surface area contributed by atoms with Crippen LogP contribution in [0.1, 0.15) is 48.2 Å². The number of ether oxygens (including phenoxy) is 2. The van der Waals surface area contributed by atoms with Crippen LogP contribution in [0.25, 0.3) is 0 Å². The summed E-state index contributed by atoms with van der Waals surface area (Å²) in [6, 6.07) is 9.02. The largest absolute Gasteiger partial charge is 0.493 e. The highest BCUT2D eigenvalue weighted by Gasteiger charge is 2.28. The topological polar surface area (TPSA) is 95.0 Å². The number of rotatable bonds is 8. The van der Waals surface area contributed by atoms with Crippen LogP contribution in [-0.2, 0) is 11.3 Å². The number of furan rings is 1. The van der Waals surface area contributed by atoms with E-state index in [0.717, 1.165) is 31.2 Å². The summed E-state index contributed by atoms with van der Waals surface area (Å²) >= 11 is 0. The Morgan fingerprint density at radius 2 is 1.96 bits per heavy atom. The molecule has 1 fully saturated rings. The number of hydrogen-bond acceptors (Lipinski definition) is 5. The van der Waals surface area contributed by atoms with Crippen molar-refractivity contribution in [3.8, 4) is 11.5 Å². The van der Waals surface area contributed by atoms with E-state index in [1.807, 2.05) is 17.0 Å².